The summed E-state index contributed by atoms with van der Waals surface area (Å²) in [5, 5.41) is 7.77. The molecule has 2 aromatic heterocycles. The Labute approximate surface area is 204 Å². The summed E-state index contributed by atoms with van der Waals surface area (Å²) < 4.78 is 50.9. The summed E-state index contributed by atoms with van der Waals surface area (Å²) in [5.41, 5.74) is 1.39. The zero-order valence-electron chi connectivity index (χ0n) is 20.3. The van der Waals surface area contributed by atoms with Crippen molar-refractivity contribution in [2.75, 3.05) is 27.6 Å². The van der Waals surface area contributed by atoms with Gasteiger partial charge in [-0.1, -0.05) is 13.0 Å². The zero-order valence-corrected chi connectivity index (χ0v) is 21.2. The van der Waals surface area contributed by atoms with Crippen LogP contribution in [0.2, 0.25) is 0 Å². The van der Waals surface area contributed by atoms with Crippen molar-refractivity contribution in [3.63, 3.8) is 0 Å². The van der Waals surface area contributed by atoms with Crippen molar-refractivity contribution in [3.8, 4) is 17.2 Å². The number of aromatic nitrogens is 5. The summed E-state index contributed by atoms with van der Waals surface area (Å²) in [6.07, 6.45) is 2.84. The first-order valence-electron chi connectivity index (χ1n) is 11.1. The molecular formula is C23H29N5O6S. The standard InChI is InChI=1S/C23H29N5O6S/c1-14-9-24-22(25-10-14)15(2)16(3)35(29,30)12-20-26-27-23(19-11-33-13-34-19)28(20)21-17(31-4)7-6-8-18(21)32-5/h6-10,15-16,19H,11-13H2,1-5H3/t15-,16-,19-/m0/s1. The smallest absolute Gasteiger partial charge is 0.169 e. The molecule has 0 unspecified atom stereocenters. The lowest BCUT2D eigenvalue weighted by atomic mass is 10.1. The summed E-state index contributed by atoms with van der Waals surface area (Å²) in [4.78, 5) is 8.63. The van der Waals surface area contributed by atoms with E-state index in [4.69, 9.17) is 18.9 Å². The highest BCUT2D eigenvalue weighted by Gasteiger charge is 2.34. The van der Waals surface area contributed by atoms with Crippen molar-refractivity contribution in [2.24, 2.45) is 0 Å². The van der Waals surface area contributed by atoms with Gasteiger partial charge in [-0.3, -0.25) is 4.57 Å². The van der Waals surface area contributed by atoms with Gasteiger partial charge in [0, 0.05) is 18.3 Å². The molecule has 188 valence electrons. The van der Waals surface area contributed by atoms with E-state index >= 15 is 0 Å². The first kappa shape index (κ1) is 25.0. The first-order valence-corrected chi connectivity index (χ1v) is 12.8. The van der Waals surface area contributed by atoms with Gasteiger partial charge in [0.15, 0.2) is 21.5 Å². The van der Waals surface area contributed by atoms with Crippen LogP contribution >= 0.6 is 0 Å². The zero-order chi connectivity index (χ0) is 25.2. The molecule has 1 fully saturated rings. The van der Waals surface area contributed by atoms with Crippen LogP contribution in [0.25, 0.3) is 5.69 Å². The molecule has 1 aliphatic rings. The molecule has 0 saturated carbocycles. The molecule has 11 nitrogen and oxygen atoms in total. The maximum Gasteiger partial charge on any atom is 0.169 e. The van der Waals surface area contributed by atoms with Crippen LogP contribution in [0.1, 0.15) is 48.9 Å². The lowest BCUT2D eigenvalue weighted by Gasteiger charge is -2.21. The van der Waals surface area contributed by atoms with Crippen molar-refractivity contribution >= 4 is 9.84 Å². The van der Waals surface area contributed by atoms with Crippen LogP contribution in [-0.2, 0) is 25.1 Å². The molecule has 0 radical (unpaired) electrons. The molecular weight excluding hydrogens is 474 g/mol. The van der Waals surface area contributed by atoms with E-state index in [1.807, 2.05) is 6.92 Å². The van der Waals surface area contributed by atoms with E-state index < -0.39 is 27.1 Å². The molecule has 0 aliphatic carbocycles. The van der Waals surface area contributed by atoms with Crippen molar-refractivity contribution in [2.45, 2.75) is 43.8 Å². The highest BCUT2D eigenvalue weighted by Crippen LogP contribution is 2.37. The molecule has 3 heterocycles. The normalized spacial score (nSPS) is 17.8. The fraction of sp³-hybridized carbons (Fsp3) is 0.478. The molecule has 3 atom stereocenters. The topological polar surface area (TPSA) is 128 Å². The fourth-order valence-electron chi connectivity index (χ4n) is 3.88. The van der Waals surface area contributed by atoms with E-state index in [1.165, 1.54) is 14.2 Å². The monoisotopic (exact) mass is 503 g/mol. The summed E-state index contributed by atoms with van der Waals surface area (Å²) >= 11 is 0. The van der Waals surface area contributed by atoms with Gasteiger partial charge in [0.1, 0.15) is 41.7 Å². The summed E-state index contributed by atoms with van der Waals surface area (Å²) in [5.74, 6) is 1.22. The van der Waals surface area contributed by atoms with Crippen LogP contribution in [0.4, 0.5) is 0 Å². The Morgan fingerprint density at radius 3 is 2.34 bits per heavy atom. The van der Waals surface area contributed by atoms with Gasteiger partial charge in [0.05, 0.1) is 26.1 Å². The Balaban J connectivity index is 1.76. The van der Waals surface area contributed by atoms with E-state index in [0.717, 1.165) is 5.56 Å². The van der Waals surface area contributed by atoms with Crippen LogP contribution in [0.15, 0.2) is 30.6 Å². The third-order valence-corrected chi connectivity index (χ3v) is 8.30. The predicted octanol–water partition coefficient (Wildman–Crippen LogP) is 2.54. The molecule has 12 heteroatoms. The molecule has 0 N–H and O–H groups in total. The molecule has 1 aliphatic heterocycles. The number of hydrogen-bond donors (Lipinski definition) is 0. The van der Waals surface area contributed by atoms with Crippen molar-refractivity contribution < 1.29 is 27.4 Å². The number of methoxy groups -OCH3 is 2. The Bertz CT molecular complexity index is 1250. The van der Waals surface area contributed by atoms with Crippen LogP contribution in [0.5, 0.6) is 11.5 Å². The van der Waals surface area contributed by atoms with Gasteiger partial charge in [-0.15, -0.1) is 10.2 Å². The van der Waals surface area contributed by atoms with Gasteiger partial charge in [-0.25, -0.2) is 18.4 Å². The average molecular weight is 504 g/mol. The van der Waals surface area contributed by atoms with Crippen LogP contribution in [0.3, 0.4) is 0 Å². The van der Waals surface area contributed by atoms with E-state index in [1.54, 1.807) is 49.0 Å². The van der Waals surface area contributed by atoms with Gasteiger partial charge in [0.2, 0.25) is 0 Å². The van der Waals surface area contributed by atoms with Crippen LogP contribution < -0.4 is 9.47 Å². The summed E-state index contributed by atoms with van der Waals surface area (Å²) in [6, 6.07) is 5.29. The van der Waals surface area contributed by atoms with Gasteiger partial charge < -0.3 is 18.9 Å². The predicted molar refractivity (Wildman–Crippen MR) is 126 cm³/mol. The minimum absolute atomic E-state index is 0.110. The van der Waals surface area contributed by atoms with Crippen molar-refractivity contribution in [1.82, 2.24) is 24.7 Å². The largest absolute Gasteiger partial charge is 0.494 e. The van der Waals surface area contributed by atoms with E-state index in [9.17, 15) is 8.42 Å². The molecule has 0 amide bonds. The van der Waals surface area contributed by atoms with Gasteiger partial charge >= 0.3 is 0 Å². The molecule has 3 aromatic rings. The van der Waals surface area contributed by atoms with Gasteiger partial charge in [-0.2, -0.15) is 0 Å². The Morgan fingerprint density at radius 2 is 1.77 bits per heavy atom. The lowest BCUT2D eigenvalue weighted by molar-refractivity contribution is 0.0438. The summed E-state index contributed by atoms with van der Waals surface area (Å²) in [6.45, 7) is 5.71. The summed E-state index contributed by atoms with van der Waals surface area (Å²) in [7, 11) is -0.654. The minimum Gasteiger partial charge on any atom is -0.494 e. The van der Waals surface area contributed by atoms with Crippen LogP contribution in [-0.4, -0.2) is 66.0 Å². The molecule has 1 saturated heterocycles. The van der Waals surface area contributed by atoms with E-state index in [2.05, 4.69) is 20.2 Å². The first-order chi connectivity index (χ1) is 16.8. The van der Waals surface area contributed by atoms with Crippen LogP contribution in [0, 0.1) is 6.92 Å². The maximum atomic E-state index is 13.5. The highest BCUT2D eigenvalue weighted by atomic mass is 32.2. The number of aryl methyl sites for hydroxylation is 1. The number of para-hydroxylation sites is 1. The van der Waals surface area contributed by atoms with Gasteiger partial charge in [0.25, 0.3) is 0 Å². The number of benzene rings is 1. The number of sulfone groups is 1. The quantitative estimate of drug-likeness (QED) is 0.430. The Hall–Kier alpha value is -3.09. The second-order valence-corrected chi connectivity index (χ2v) is 10.7. The lowest BCUT2D eigenvalue weighted by Crippen LogP contribution is -2.27. The third kappa shape index (κ3) is 5.00. The Kier molecular flexibility index (Phi) is 7.33. The number of ether oxygens (including phenoxy) is 4. The SMILES string of the molecule is COc1cccc(OC)c1-n1c(CS(=O)(=O)[C@@H](C)[C@H](C)c2ncc(C)cn2)nnc1[C@@H]1COCO1. The third-order valence-electron chi connectivity index (χ3n) is 6.10. The number of rotatable bonds is 9. The average Bonchev–Trinajstić information content (AvgIpc) is 3.52. The second-order valence-electron chi connectivity index (χ2n) is 8.38. The molecule has 0 spiro atoms. The molecule has 1 aromatic carbocycles. The van der Waals surface area contributed by atoms with Crippen molar-refractivity contribution in [3.05, 3.63) is 53.6 Å². The minimum atomic E-state index is -3.71. The van der Waals surface area contributed by atoms with Crippen molar-refractivity contribution in [1.29, 1.82) is 0 Å². The second kappa shape index (κ2) is 10.3. The Morgan fingerprint density at radius 1 is 1.11 bits per heavy atom. The molecule has 4 rings (SSSR count). The van der Waals surface area contributed by atoms with E-state index in [-0.39, 0.29) is 25.0 Å². The number of nitrogens with zero attached hydrogens (tertiary/aromatic N) is 5. The van der Waals surface area contributed by atoms with Gasteiger partial charge in [-0.05, 0) is 31.5 Å². The highest BCUT2D eigenvalue weighted by molar-refractivity contribution is 7.91. The fourth-order valence-corrected chi connectivity index (χ4v) is 5.43. The number of hydrogen-bond acceptors (Lipinski definition) is 10. The maximum absolute atomic E-state index is 13.5. The molecule has 35 heavy (non-hydrogen) atoms. The van der Waals surface area contributed by atoms with E-state index in [0.29, 0.717) is 28.8 Å². The molecule has 0 bridgehead atoms.